The minimum absolute atomic E-state index is 0.00358. The fourth-order valence-electron chi connectivity index (χ4n) is 2.22. The van der Waals surface area contributed by atoms with Crippen LogP contribution in [-0.2, 0) is 9.53 Å². The van der Waals surface area contributed by atoms with Crippen molar-refractivity contribution in [2.75, 3.05) is 7.11 Å². The zero-order valence-corrected chi connectivity index (χ0v) is 13.1. The van der Waals surface area contributed by atoms with Crippen molar-refractivity contribution in [2.24, 2.45) is 4.99 Å². The highest BCUT2D eigenvalue weighted by molar-refractivity contribution is 6.13. The molecule has 0 atom stereocenters. The van der Waals surface area contributed by atoms with Crippen molar-refractivity contribution in [2.45, 2.75) is 6.61 Å². The number of methoxy groups -OCH3 is 1. The number of nitrogens with zero attached hydrogens (tertiary/aromatic N) is 1. The number of hydrogen-bond donors (Lipinski definition) is 0. The maximum atomic E-state index is 12.5. The smallest absolute Gasteiger partial charge is 0.387 e. The third kappa shape index (κ3) is 3.82. The number of aliphatic imine (C=N–C) groups is 1. The highest BCUT2D eigenvalue weighted by atomic mass is 19.3. The van der Waals surface area contributed by atoms with E-state index >= 15 is 0 Å². The van der Waals surface area contributed by atoms with Crippen LogP contribution in [0.15, 0.2) is 59.2 Å². The number of para-hydroxylation sites is 1. The van der Waals surface area contributed by atoms with Crippen molar-refractivity contribution in [3.8, 4) is 11.5 Å². The summed E-state index contributed by atoms with van der Waals surface area (Å²) in [6.07, 6.45) is 1.34. The molecule has 0 aromatic heterocycles. The van der Waals surface area contributed by atoms with Gasteiger partial charge in [0.05, 0.1) is 7.11 Å². The number of hydrogen-bond acceptors (Lipinski definition) is 5. The van der Waals surface area contributed by atoms with Crippen LogP contribution in [0.2, 0.25) is 0 Å². The Morgan fingerprint density at radius 3 is 2.52 bits per heavy atom. The van der Waals surface area contributed by atoms with Crippen LogP contribution in [-0.4, -0.2) is 25.6 Å². The van der Waals surface area contributed by atoms with Crippen LogP contribution in [0.25, 0.3) is 6.08 Å². The molecule has 0 fully saturated rings. The normalized spacial score (nSPS) is 15.3. The topological polar surface area (TPSA) is 57.1 Å². The number of ether oxygens (including phenoxy) is 3. The molecule has 0 saturated carbocycles. The van der Waals surface area contributed by atoms with Crippen LogP contribution in [0.5, 0.6) is 11.5 Å². The molecule has 0 aliphatic carbocycles. The van der Waals surface area contributed by atoms with E-state index in [2.05, 4.69) is 9.73 Å². The Morgan fingerprint density at radius 1 is 1.12 bits per heavy atom. The number of benzene rings is 2. The molecular formula is C18H13F2NO4. The van der Waals surface area contributed by atoms with E-state index < -0.39 is 12.6 Å². The van der Waals surface area contributed by atoms with Gasteiger partial charge in [0.2, 0.25) is 5.90 Å². The second-order valence-corrected chi connectivity index (χ2v) is 4.98. The van der Waals surface area contributed by atoms with Crippen molar-refractivity contribution >= 4 is 17.9 Å². The molecule has 0 saturated heterocycles. The van der Waals surface area contributed by atoms with Gasteiger partial charge in [-0.05, 0) is 36.4 Å². The summed E-state index contributed by atoms with van der Waals surface area (Å²) in [5.41, 5.74) is 0.889. The second-order valence-electron chi connectivity index (χ2n) is 4.98. The van der Waals surface area contributed by atoms with E-state index in [0.29, 0.717) is 16.9 Å². The van der Waals surface area contributed by atoms with Gasteiger partial charge in [-0.25, -0.2) is 9.79 Å². The fourth-order valence-corrected chi connectivity index (χ4v) is 2.22. The van der Waals surface area contributed by atoms with Gasteiger partial charge in [0.25, 0.3) is 0 Å². The maximum Gasteiger partial charge on any atom is 0.387 e. The van der Waals surface area contributed by atoms with Gasteiger partial charge in [0.1, 0.15) is 11.5 Å². The lowest BCUT2D eigenvalue weighted by Gasteiger charge is -2.07. The number of carbonyl (C=O) groups excluding carboxylic acids is 1. The van der Waals surface area contributed by atoms with E-state index in [0.717, 1.165) is 0 Å². The van der Waals surface area contributed by atoms with Crippen molar-refractivity contribution in [1.82, 2.24) is 0 Å². The molecule has 0 amide bonds. The Bertz CT molecular complexity index is 844. The zero-order valence-electron chi connectivity index (χ0n) is 13.1. The minimum Gasteiger partial charge on any atom is -0.497 e. The van der Waals surface area contributed by atoms with Crippen molar-refractivity contribution in [1.29, 1.82) is 0 Å². The van der Waals surface area contributed by atoms with Gasteiger partial charge in [-0.3, -0.25) is 0 Å². The number of halogens is 2. The molecule has 2 aromatic rings. The Labute approximate surface area is 142 Å². The summed E-state index contributed by atoms with van der Waals surface area (Å²) < 4.78 is 39.6. The molecular weight excluding hydrogens is 332 g/mol. The minimum atomic E-state index is -2.96. The fraction of sp³-hybridized carbons (Fsp3) is 0.111. The van der Waals surface area contributed by atoms with Gasteiger partial charge in [0, 0.05) is 11.1 Å². The largest absolute Gasteiger partial charge is 0.497 e. The van der Waals surface area contributed by atoms with Gasteiger partial charge < -0.3 is 14.2 Å². The van der Waals surface area contributed by atoms with E-state index in [4.69, 9.17) is 9.47 Å². The summed E-state index contributed by atoms with van der Waals surface area (Å²) in [5.74, 6) is 0.0669. The van der Waals surface area contributed by atoms with Gasteiger partial charge in [-0.1, -0.05) is 18.2 Å². The van der Waals surface area contributed by atoms with Gasteiger partial charge in [-0.15, -0.1) is 0 Å². The van der Waals surface area contributed by atoms with Gasteiger partial charge >= 0.3 is 12.6 Å². The summed E-state index contributed by atoms with van der Waals surface area (Å²) >= 11 is 0. The quantitative estimate of drug-likeness (QED) is 0.613. The molecule has 1 heterocycles. The van der Waals surface area contributed by atoms with Crippen LogP contribution in [0, 0.1) is 0 Å². The molecule has 0 radical (unpaired) electrons. The molecule has 128 valence electrons. The van der Waals surface area contributed by atoms with Crippen LogP contribution >= 0.6 is 0 Å². The second kappa shape index (κ2) is 7.12. The summed E-state index contributed by atoms with van der Waals surface area (Å²) in [5, 5.41) is 0. The molecule has 0 N–H and O–H groups in total. The van der Waals surface area contributed by atoms with Crippen molar-refractivity contribution in [3.63, 3.8) is 0 Å². The highest BCUT2D eigenvalue weighted by Gasteiger charge is 2.24. The third-order valence-corrected chi connectivity index (χ3v) is 3.38. The average Bonchev–Trinajstić information content (AvgIpc) is 2.97. The first kappa shape index (κ1) is 16.6. The van der Waals surface area contributed by atoms with Gasteiger partial charge in [0.15, 0.2) is 5.70 Å². The molecule has 1 aliphatic heterocycles. The molecule has 0 bridgehead atoms. The Hall–Kier alpha value is -3.22. The predicted octanol–water partition coefficient (Wildman–Crippen LogP) is 3.64. The van der Waals surface area contributed by atoms with Gasteiger partial charge in [-0.2, -0.15) is 8.78 Å². The van der Waals surface area contributed by atoms with Crippen LogP contribution < -0.4 is 9.47 Å². The van der Waals surface area contributed by atoms with Crippen molar-refractivity contribution < 1.29 is 27.8 Å². The number of alkyl halides is 2. The maximum absolute atomic E-state index is 12.5. The SMILES string of the molecule is COc1ccc(C2=N/C(=C/c3ccccc3OC(F)F)C(=O)O2)cc1. The summed E-state index contributed by atoms with van der Waals surface area (Å²) in [6, 6.07) is 12.9. The van der Waals surface area contributed by atoms with Crippen LogP contribution in [0.4, 0.5) is 8.78 Å². The third-order valence-electron chi connectivity index (χ3n) is 3.38. The Kier molecular flexibility index (Phi) is 4.74. The van der Waals surface area contributed by atoms with Crippen molar-refractivity contribution in [3.05, 3.63) is 65.4 Å². The van der Waals surface area contributed by atoms with E-state index in [-0.39, 0.29) is 17.3 Å². The van der Waals surface area contributed by atoms with Crippen LogP contribution in [0.3, 0.4) is 0 Å². The van der Waals surface area contributed by atoms with E-state index in [1.807, 2.05) is 0 Å². The lowest BCUT2D eigenvalue weighted by Crippen LogP contribution is -2.05. The number of rotatable bonds is 5. The first-order valence-corrected chi connectivity index (χ1v) is 7.27. The van der Waals surface area contributed by atoms with E-state index in [9.17, 15) is 13.6 Å². The number of esters is 1. The first-order valence-electron chi connectivity index (χ1n) is 7.27. The number of cyclic esters (lactones) is 1. The lowest BCUT2D eigenvalue weighted by atomic mass is 10.1. The predicted molar refractivity (Wildman–Crippen MR) is 86.7 cm³/mol. The lowest BCUT2D eigenvalue weighted by molar-refractivity contribution is -0.129. The molecule has 0 unspecified atom stereocenters. The molecule has 7 heteroatoms. The standard InChI is InChI=1S/C18H13F2NO4/c1-23-13-8-6-11(7-9-13)16-21-14(17(22)25-16)10-12-4-2-3-5-15(12)24-18(19)20/h2-10,18H,1H3/b14-10+. The Balaban J connectivity index is 1.91. The molecule has 0 spiro atoms. The van der Waals surface area contributed by atoms with E-state index in [1.165, 1.54) is 12.1 Å². The monoisotopic (exact) mass is 345 g/mol. The Morgan fingerprint density at radius 2 is 1.84 bits per heavy atom. The molecule has 5 nitrogen and oxygen atoms in total. The highest BCUT2D eigenvalue weighted by Crippen LogP contribution is 2.26. The summed E-state index contributed by atoms with van der Waals surface area (Å²) in [7, 11) is 1.54. The molecule has 2 aromatic carbocycles. The van der Waals surface area contributed by atoms with E-state index in [1.54, 1.807) is 49.6 Å². The molecule has 1 aliphatic rings. The molecule has 25 heavy (non-hydrogen) atoms. The first-order chi connectivity index (χ1) is 12.1. The molecule has 3 rings (SSSR count). The zero-order chi connectivity index (χ0) is 17.8. The summed E-state index contributed by atoms with van der Waals surface area (Å²) in [6.45, 7) is -2.96. The number of carbonyl (C=O) groups is 1. The summed E-state index contributed by atoms with van der Waals surface area (Å²) in [4.78, 5) is 16.1. The van der Waals surface area contributed by atoms with Crippen LogP contribution in [0.1, 0.15) is 11.1 Å². The average molecular weight is 345 g/mol.